The minimum Gasteiger partial charge on any atom is -0.480 e. The molecular formula is C9H11MnNO2. The molecular weight excluding hydrogens is 209 g/mol. The maximum Gasteiger partial charge on any atom is 0.320 e. The van der Waals surface area contributed by atoms with Crippen molar-refractivity contribution in [2.75, 3.05) is 0 Å². The third-order valence-electron chi connectivity index (χ3n) is 1.62. The van der Waals surface area contributed by atoms with Gasteiger partial charge in [0.25, 0.3) is 0 Å². The minimum atomic E-state index is -0.959. The molecule has 0 unspecified atom stereocenters. The van der Waals surface area contributed by atoms with E-state index in [1.165, 1.54) is 0 Å². The van der Waals surface area contributed by atoms with Crippen molar-refractivity contribution in [1.82, 2.24) is 0 Å². The summed E-state index contributed by atoms with van der Waals surface area (Å²) in [5, 5.41) is 8.52. The first-order valence-electron chi connectivity index (χ1n) is 3.72. The fourth-order valence-electron chi connectivity index (χ4n) is 0.955. The fraction of sp³-hybridized carbons (Fsp3) is 0.222. The van der Waals surface area contributed by atoms with Crippen LogP contribution in [0.5, 0.6) is 0 Å². The molecule has 13 heavy (non-hydrogen) atoms. The molecule has 0 amide bonds. The third-order valence-corrected chi connectivity index (χ3v) is 1.62. The first kappa shape index (κ1) is 12.2. The maximum atomic E-state index is 10.4. The van der Waals surface area contributed by atoms with Gasteiger partial charge < -0.3 is 10.8 Å². The number of carboxylic acid groups (broad SMARTS) is 1. The molecule has 0 aromatic heterocycles. The molecule has 1 atom stereocenters. The molecule has 0 aliphatic rings. The van der Waals surface area contributed by atoms with E-state index in [0.29, 0.717) is 6.42 Å². The Kier molecular flexibility index (Phi) is 5.39. The van der Waals surface area contributed by atoms with Crippen LogP contribution in [0.4, 0.5) is 0 Å². The van der Waals surface area contributed by atoms with E-state index in [9.17, 15) is 4.79 Å². The van der Waals surface area contributed by atoms with Gasteiger partial charge in [-0.3, -0.25) is 4.79 Å². The van der Waals surface area contributed by atoms with E-state index in [-0.39, 0.29) is 17.1 Å². The second kappa shape index (κ2) is 5.75. The number of hydrogen-bond acceptors (Lipinski definition) is 2. The first-order valence-corrected chi connectivity index (χ1v) is 3.72. The topological polar surface area (TPSA) is 63.3 Å². The molecule has 1 aromatic carbocycles. The molecule has 1 rings (SSSR count). The summed E-state index contributed by atoms with van der Waals surface area (Å²) < 4.78 is 0. The van der Waals surface area contributed by atoms with Crippen molar-refractivity contribution in [3.63, 3.8) is 0 Å². The molecule has 0 aliphatic carbocycles. The van der Waals surface area contributed by atoms with Crippen LogP contribution in [-0.2, 0) is 28.3 Å². The molecule has 71 valence electrons. The van der Waals surface area contributed by atoms with Crippen LogP contribution in [0.3, 0.4) is 0 Å². The summed E-state index contributed by atoms with van der Waals surface area (Å²) in [5.74, 6) is -0.959. The number of carboxylic acids is 1. The molecule has 0 aliphatic heterocycles. The van der Waals surface area contributed by atoms with Crippen molar-refractivity contribution in [3.8, 4) is 0 Å². The number of benzene rings is 1. The standard InChI is InChI=1S/C9H11NO2.Mn/c10-8(9(11)12)6-7-4-2-1-3-5-7;/h1-5,8H,6,10H2,(H,11,12);/t8-;/m0./s1. The quantitative estimate of drug-likeness (QED) is 0.734. The Balaban J connectivity index is 0.00000144. The van der Waals surface area contributed by atoms with Crippen LogP contribution in [0.2, 0.25) is 0 Å². The van der Waals surface area contributed by atoms with E-state index in [1.807, 2.05) is 30.3 Å². The zero-order chi connectivity index (χ0) is 8.97. The van der Waals surface area contributed by atoms with Gasteiger partial charge in [-0.25, -0.2) is 0 Å². The third kappa shape index (κ3) is 4.08. The summed E-state index contributed by atoms with van der Waals surface area (Å²) in [6.07, 6.45) is 0.385. The summed E-state index contributed by atoms with van der Waals surface area (Å²) in [6.45, 7) is 0. The van der Waals surface area contributed by atoms with Crippen LogP contribution < -0.4 is 5.73 Å². The van der Waals surface area contributed by atoms with E-state index in [0.717, 1.165) is 5.56 Å². The molecule has 0 heterocycles. The first-order chi connectivity index (χ1) is 5.70. The van der Waals surface area contributed by atoms with Gasteiger partial charge in [-0.2, -0.15) is 0 Å². The predicted molar refractivity (Wildman–Crippen MR) is 45.8 cm³/mol. The Hall–Kier alpha value is -0.831. The van der Waals surface area contributed by atoms with Crippen LogP contribution in [0, 0.1) is 0 Å². The molecule has 0 saturated carbocycles. The van der Waals surface area contributed by atoms with Crippen molar-refractivity contribution in [2.45, 2.75) is 12.5 Å². The van der Waals surface area contributed by atoms with Crippen LogP contribution >= 0.6 is 0 Å². The monoisotopic (exact) mass is 220 g/mol. The van der Waals surface area contributed by atoms with Crippen molar-refractivity contribution >= 4 is 5.97 Å². The molecule has 3 nitrogen and oxygen atoms in total. The smallest absolute Gasteiger partial charge is 0.320 e. The van der Waals surface area contributed by atoms with Gasteiger partial charge in [0.2, 0.25) is 0 Å². The molecule has 0 fully saturated rings. The normalized spacial score (nSPS) is 11.5. The average Bonchev–Trinajstić information content (AvgIpc) is 2.06. The van der Waals surface area contributed by atoms with Crippen LogP contribution in [-0.4, -0.2) is 17.1 Å². The number of hydrogen-bond donors (Lipinski definition) is 2. The van der Waals surface area contributed by atoms with E-state index in [4.69, 9.17) is 10.8 Å². The number of nitrogens with two attached hydrogens (primary N) is 1. The number of rotatable bonds is 3. The van der Waals surface area contributed by atoms with Gasteiger partial charge >= 0.3 is 5.97 Å². The van der Waals surface area contributed by atoms with Crippen molar-refractivity contribution in [3.05, 3.63) is 35.9 Å². The van der Waals surface area contributed by atoms with E-state index < -0.39 is 12.0 Å². The van der Waals surface area contributed by atoms with Crippen molar-refractivity contribution in [1.29, 1.82) is 0 Å². The zero-order valence-corrected chi connectivity index (χ0v) is 8.16. The number of aliphatic carboxylic acids is 1. The van der Waals surface area contributed by atoms with E-state index in [1.54, 1.807) is 0 Å². The molecule has 1 aromatic rings. The Labute approximate surface area is 87.4 Å². The summed E-state index contributed by atoms with van der Waals surface area (Å²) in [5.41, 5.74) is 6.30. The molecule has 0 spiro atoms. The van der Waals surface area contributed by atoms with Gasteiger partial charge in [0, 0.05) is 17.1 Å². The summed E-state index contributed by atoms with van der Waals surface area (Å²) in [6, 6.07) is 8.54. The van der Waals surface area contributed by atoms with Crippen molar-refractivity contribution < 1.29 is 27.0 Å². The molecule has 4 heteroatoms. The second-order valence-corrected chi connectivity index (χ2v) is 2.63. The largest absolute Gasteiger partial charge is 0.480 e. The van der Waals surface area contributed by atoms with Gasteiger partial charge in [0.15, 0.2) is 0 Å². The molecule has 0 bridgehead atoms. The fourth-order valence-corrected chi connectivity index (χ4v) is 0.955. The SMILES string of the molecule is N[C@@H](Cc1ccccc1)C(=O)O.[Mn]. The van der Waals surface area contributed by atoms with Crippen LogP contribution in [0.15, 0.2) is 30.3 Å². The van der Waals surface area contributed by atoms with Gasteiger partial charge in [-0.15, -0.1) is 0 Å². The maximum absolute atomic E-state index is 10.4. The molecule has 1 radical (unpaired) electrons. The van der Waals surface area contributed by atoms with Crippen LogP contribution in [0.1, 0.15) is 5.56 Å². The molecule has 0 saturated heterocycles. The van der Waals surface area contributed by atoms with Crippen molar-refractivity contribution in [2.24, 2.45) is 5.73 Å². The summed E-state index contributed by atoms with van der Waals surface area (Å²) >= 11 is 0. The Bertz CT molecular complexity index is 264. The van der Waals surface area contributed by atoms with Crippen LogP contribution in [0.25, 0.3) is 0 Å². The van der Waals surface area contributed by atoms with E-state index in [2.05, 4.69) is 0 Å². The Morgan fingerprint density at radius 3 is 2.38 bits per heavy atom. The van der Waals surface area contributed by atoms with Gasteiger partial charge in [0.05, 0.1) is 0 Å². The molecule has 3 N–H and O–H groups in total. The van der Waals surface area contributed by atoms with Gasteiger partial charge in [0.1, 0.15) is 6.04 Å². The minimum absolute atomic E-state index is 0. The second-order valence-electron chi connectivity index (χ2n) is 2.63. The Morgan fingerprint density at radius 2 is 1.92 bits per heavy atom. The van der Waals surface area contributed by atoms with Gasteiger partial charge in [-0.1, -0.05) is 30.3 Å². The van der Waals surface area contributed by atoms with E-state index >= 15 is 0 Å². The predicted octanol–water partition coefficient (Wildman–Crippen LogP) is 0.639. The Morgan fingerprint density at radius 1 is 1.38 bits per heavy atom. The zero-order valence-electron chi connectivity index (χ0n) is 6.98. The average molecular weight is 220 g/mol. The summed E-state index contributed by atoms with van der Waals surface area (Å²) in [7, 11) is 0. The number of carbonyl (C=O) groups is 1. The van der Waals surface area contributed by atoms with Gasteiger partial charge in [-0.05, 0) is 12.0 Å². The summed E-state index contributed by atoms with van der Waals surface area (Å²) in [4.78, 5) is 10.4.